The highest BCUT2D eigenvalue weighted by Crippen LogP contribution is 2.22. The van der Waals surface area contributed by atoms with Gasteiger partial charge in [0.15, 0.2) is 0 Å². The number of allylic oxidation sites excluding steroid dienone is 1. The van der Waals surface area contributed by atoms with Crippen LogP contribution in [0, 0.1) is 5.82 Å². The van der Waals surface area contributed by atoms with Gasteiger partial charge in [0.05, 0.1) is 0 Å². The van der Waals surface area contributed by atoms with Crippen molar-refractivity contribution in [1.29, 1.82) is 0 Å². The van der Waals surface area contributed by atoms with E-state index in [1.54, 1.807) is 13.0 Å². The summed E-state index contributed by atoms with van der Waals surface area (Å²) < 4.78 is 13.1. The molecule has 0 aliphatic rings. The number of hydrogen-bond acceptors (Lipinski definition) is 1. The Morgan fingerprint density at radius 3 is 2.92 bits per heavy atom. The van der Waals surface area contributed by atoms with E-state index in [4.69, 9.17) is 11.6 Å². The number of benzene rings is 1. The van der Waals surface area contributed by atoms with E-state index in [0.29, 0.717) is 10.7 Å². The van der Waals surface area contributed by atoms with E-state index in [-0.39, 0.29) is 11.5 Å². The Morgan fingerprint density at radius 2 is 2.31 bits per heavy atom. The van der Waals surface area contributed by atoms with E-state index in [2.05, 4.69) is 11.6 Å². The van der Waals surface area contributed by atoms with Crippen LogP contribution in [-0.2, 0) is 0 Å². The van der Waals surface area contributed by atoms with Crippen molar-refractivity contribution in [2.45, 2.75) is 6.92 Å². The van der Waals surface area contributed by atoms with Gasteiger partial charge in [-0.2, -0.15) is 0 Å². The quantitative estimate of drug-likeness (QED) is 0.641. The Balaban J connectivity index is 3.13. The van der Waals surface area contributed by atoms with Gasteiger partial charge in [-0.05, 0) is 31.2 Å². The van der Waals surface area contributed by atoms with Gasteiger partial charge < -0.3 is 0 Å². The predicted molar refractivity (Wildman–Crippen MR) is 54.4 cm³/mol. The first-order valence-electron chi connectivity index (χ1n) is 3.76. The number of halogens is 2. The van der Waals surface area contributed by atoms with Crippen LogP contribution in [0.5, 0.6) is 0 Å². The normalized spacial score (nSPS) is 11.5. The van der Waals surface area contributed by atoms with Crippen molar-refractivity contribution in [2.24, 2.45) is 4.99 Å². The van der Waals surface area contributed by atoms with Gasteiger partial charge in [0.1, 0.15) is 11.5 Å². The van der Waals surface area contributed by atoms with Gasteiger partial charge in [-0.25, -0.2) is 4.39 Å². The number of nitrogens with zero attached hydrogens (tertiary/aromatic N) is 1. The summed E-state index contributed by atoms with van der Waals surface area (Å²) >= 11 is 5.68. The van der Waals surface area contributed by atoms with E-state index in [1.807, 2.05) is 0 Å². The molecule has 1 aromatic carbocycles. The Morgan fingerprint density at radius 1 is 1.62 bits per heavy atom. The van der Waals surface area contributed by atoms with Crippen molar-refractivity contribution < 1.29 is 4.39 Å². The van der Waals surface area contributed by atoms with E-state index in [9.17, 15) is 4.39 Å². The van der Waals surface area contributed by atoms with Crippen LogP contribution in [0.15, 0.2) is 35.8 Å². The number of aliphatic imine (C=N–C) groups is 1. The summed E-state index contributed by atoms with van der Waals surface area (Å²) in [4.78, 5) is 3.98. The molecule has 0 fully saturated rings. The van der Waals surface area contributed by atoms with Crippen molar-refractivity contribution in [3.8, 4) is 0 Å². The number of hydrogen-bond donors (Lipinski definition) is 0. The van der Waals surface area contributed by atoms with Crippen LogP contribution in [0.3, 0.4) is 0 Å². The molecule has 0 amide bonds. The first-order chi connectivity index (χ1) is 6.13. The smallest absolute Gasteiger partial charge is 0.148 e. The minimum Gasteiger partial charge on any atom is -0.251 e. The molecule has 0 atom stereocenters. The molecule has 0 saturated carbocycles. The molecule has 0 saturated heterocycles. The zero-order valence-electron chi connectivity index (χ0n) is 7.22. The first kappa shape index (κ1) is 9.93. The molecule has 0 aliphatic carbocycles. The summed E-state index contributed by atoms with van der Waals surface area (Å²) in [6.07, 6.45) is 1.56. The van der Waals surface area contributed by atoms with Crippen molar-refractivity contribution in [3.05, 3.63) is 41.7 Å². The third-order valence-electron chi connectivity index (χ3n) is 1.50. The molecular formula is C10H9ClFN. The summed E-state index contributed by atoms with van der Waals surface area (Å²) in [7, 11) is 0. The fourth-order valence-corrected chi connectivity index (χ4v) is 0.973. The van der Waals surface area contributed by atoms with E-state index >= 15 is 0 Å². The summed E-state index contributed by atoms with van der Waals surface area (Å²) in [5.74, 6) is -0.384. The molecular weight excluding hydrogens is 189 g/mol. The fraction of sp³-hybridized carbons (Fsp3) is 0.100. The highest BCUT2D eigenvalue weighted by atomic mass is 35.5. The van der Waals surface area contributed by atoms with Gasteiger partial charge in [0.2, 0.25) is 0 Å². The van der Waals surface area contributed by atoms with Crippen molar-refractivity contribution in [2.75, 3.05) is 0 Å². The van der Waals surface area contributed by atoms with Gasteiger partial charge in [-0.3, -0.25) is 4.99 Å². The third kappa shape index (κ3) is 2.67. The molecule has 0 N–H and O–H groups in total. The minimum atomic E-state index is -0.384. The van der Waals surface area contributed by atoms with Crippen LogP contribution in [0.2, 0.25) is 5.02 Å². The lowest BCUT2D eigenvalue weighted by Crippen LogP contribution is -1.83. The topological polar surface area (TPSA) is 12.4 Å². The summed E-state index contributed by atoms with van der Waals surface area (Å²) in [5.41, 5.74) is 0.895. The lowest BCUT2D eigenvalue weighted by molar-refractivity contribution is 0.630. The summed E-state index contributed by atoms with van der Waals surface area (Å²) in [6, 6.07) is 4.25. The predicted octanol–water partition coefficient (Wildman–Crippen LogP) is 3.76. The first-order valence-corrected chi connectivity index (χ1v) is 4.14. The molecule has 0 bridgehead atoms. The highest BCUT2D eigenvalue weighted by Gasteiger charge is 2.00. The molecule has 1 rings (SSSR count). The monoisotopic (exact) mass is 197 g/mol. The molecule has 0 aromatic heterocycles. The zero-order valence-corrected chi connectivity index (χ0v) is 7.98. The van der Waals surface area contributed by atoms with Crippen LogP contribution < -0.4 is 0 Å². The molecule has 13 heavy (non-hydrogen) atoms. The molecule has 1 aromatic rings. The molecule has 1 nitrogen and oxygen atoms in total. The van der Waals surface area contributed by atoms with Gasteiger partial charge in [-0.1, -0.05) is 18.2 Å². The summed E-state index contributed by atoms with van der Waals surface area (Å²) in [5, 5.41) is 0.469. The van der Waals surface area contributed by atoms with Crippen LogP contribution in [0.4, 0.5) is 10.1 Å². The molecule has 0 unspecified atom stereocenters. The second kappa shape index (κ2) is 4.19. The average Bonchev–Trinajstić information content (AvgIpc) is 2.11. The van der Waals surface area contributed by atoms with Crippen LogP contribution in [0.1, 0.15) is 6.92 Å². The second-order valence-electron chi connectivity index (χ2n) is 2.55. The largest absolute Gasteiger partial charge is 0.251 e. The third-order valence-corrected chi connectivity index (χ3v) is 1.74. The Kier molecular flexibility index (Phi) is 3.20. The Bertz CT molecular complexity index is 358. The standard InChI is InChI=1S/C10H9ClFN/c1-3-7(2)13-10-6-8(11)4-5-9(10)12/h3-6H,1H2,2H3. The maximum atomic E-state index is 13.1. The average molecular weight is 198 g/mol. The minimum absolute atomic E-state index is 0.241. The molecule has 0 aliphatic heterocycles. The van der Waals surface area contributed by atoms with Crippen LogP contribution in [-0.4, -0.2) is 5.71 Å². The second-order valence-corrected chi connectivity index (χ2v) is 2.99. The van der Waals surface area contributed by atoms with Gasteiger partial charge in [-0.15, -0.1) is 0 Å². The highest BCUT2D eigenvalue weighted by molar-refractivity contribution is 6.30. The summed E-state index contributed by atoms with van der Waals surface area (Å²) in [6.45, 7) is 5.27. The van der Waals surface area contributed by atoms with Crippen molar-refractivity contribution in [1.82, 2.24) is 0 Å². The van der Waals surface area contributed by atoms with Gasteiger partial charge in [0, 0.05) is 10.7 Å². The van der Waals surface area contributed by atoms with Gasteiger partial charge in [0.25, 0.3) is 0 Å². The molecule has 3 heteroatoms. The Labute approximate surface area is 81.6 Å². The molecule has 0 spiro atoms. The zero-order chi connectivity index (χ0) is 9.84. The van der Waals surface area contributed by atoms with Crippen molar-refractivity contribution >= 4 is 23.0 Å². The van der Waals surface area contributed by atoms with Crippen LogP contribution in [0.25, 0.3) is 0 Å². The molecule has 0 heterocycles. The van der Waals surface area contributed by atoms with Crippen LogP contribution >= 0.6 is 11.6 Å². The lowest BCUT2D eigenvalue weighted by Gasteiger charge is -1.98. The fourth-order valence-electron chi connectivity index (χ4n) is 0.807. The SMILES string of the molecule is C=CC(C)=Nc1cc(Cl)ccc1F. The van der Waals surface area contributed by atoms with E-state index in [0.717, 1.165) is 0 Å². The Hall–Kier alpha value is -1.15. The van der Waals surface area contributed by atoms with E-state index in [1.165, 1.54) is 18.2 Å². The van der Waals surface area contributed by atoms with E-state index < -0.39 is 0 Å². The molecule has 68 valence electrons. The molecule has 0 radical (unpaired) electrons. The van der Waals surface area contributed by atoms with Gasteiger partial charge >= 0.3 is 0 Å². The lowest BCUT2D eigenvalue weighted by atomic mass is 10.3. The maximum Gasteiger partial charge on any atom is 0.148 e. The van der Waals surface area contributed by atoms with Crippen molar-refractivity contribution in [3.63, 3.8) is 0 Å². The maximum absolute atomic E-state index is 13.1. The number of rotatable bonds is 2.